The van der Waals surface area contributed by atoms with Gasteiger partial charge in [0.25, 0.3) is 5.56 Å². The lowest BCUT2D eigenvalue weighted by atomic mass is 10.2. The Morgan fingerprint density at radius 1 is 1.03 bits per heavy atom. The summed E-state index contributed by atoms with van der Waals surface area (Å²) in [4.78, 5) is 25.2. The zero-order valence-corrected chi connectivity index (χ0v) is 18.4. The van der Waals surface area contributed by atoms with Gasteiger partial charge < -0.3 is 10.1 Å². The van der Waals surface area contributed by atoms with Gasteiger partial charge in [-0.05, 0) is 36.4 Å². The van der Waals surface area contributed by atoms with Crippen LogP contribution in [0.2, 0.25) is 0 Å². The van der Waals surface area contributed by atoms with Crippen molar-refractivity contribution in [1.82, 2.24) is 19.5 Å². The standard InChI is InChI=1S/C25H16FN5O2S/c26-17-8-2-6-12-21(17)31-24(33)15-7-1-3-9-18(15)30-25(31)34-14-22(32)16(13-27)23-28-19-10-4-5-11-20(19)29-23/h1-12,32H,14H2,(H,28,29)/b22-16-. The molecule has 0 aliphatic heterocycles. The van der Waals surface area contributed by atoms with E-state index in [0.717, 1.165) is 17.3 Å². The molecule has 0 fully saturated rings. The predicted octanol–water partition coefficient (Wildman–Crippen LogP) is 4.99. The molecule has 0 spiro atoms. The van der Waals surface area contributed by atoms with Crippen LogP contribution in [0.3, 0.4) is 0 Å². The molecule has 5 aromatic rings. The Bertz CT molecular complexity index is 1650. The van der Waals surface area contributed by atoms with Crippen LogP contribution in [0.15, 0.2) is 88.5 Å². The number of aliphatic hydroxyl groups excluding tert-OH is 1. The molecular formula is C25H16FN5O2S. The number of benzene rings is 3. The zero-order chi connectivity index (χ0) is 23.7. The molecule has 5 rings (SSSR count). The van der Waals surface area contributed by atoms with Gasteiger partial charge in [-0.15, -0.1) is 0 Å². The fourth-order valence-electron chi connectivity index (χ4n) is 3.59. The van der Waals surface area contributed by atoms with Gasteiger partial charge >= 0.3 is 0 Å². The third-order valence-electron chi connectivity index (χ3n) is 5.20. The maximum Gasteiger partial charge on any atom is 0.266 e. The summed E-state index contributed by atoms with van der Waals surface area (Å²) in [5, 5.41) is 20.9. The Labute approximate surface area is 196 Å². The Hall–Kier alpha value is -4.42. The van der Waals surface area contributed by atoms with Crippen molar-refractivity contribution in [3.63, 3.8) is 0 Å². The van der Waals surface area contributed by atoms with E-state index in [-0.39, 0.29) is 33.8 Å². The molecule has 0 aliphatic rings. The number of rotatable bonds is 5. The molecule has 9 heteroatoms. The van der Waals surface area contributed by atoms with E-state index >= 15 is 0 Å². The van der Waals surface area contributed by atoms with Crippen molar-refractivity contribution in [1.29, 1.82) is 5.26 Å². The zero-order valence-electron chi connectivity index (χ0n) is 17.6. The van der Waals surface area contributed by atoms with Gasteiger partial charge in [0.2, 0.25) is 0 Å². The number of para-hydroxylation sites is 4. The van der Waals surface area contributed by atoms with E-state index in [1.807, 2.05) is 24.3 Å². The second-order valence-electron chi connectivity index (χ2n) is 7.33. The summed E-state index contributed by atoms with van der Waals surface area (Å²) in [6, 6.07) is 22.0. The highest BCUT2D eigenvalue weighted by atomic mass is 32.2. The van der Waals surface area contributed by atoms with Crippen molar-refractivity contribution in [3.8, 4) is 11.8 Å². The number of aromatic nitrogens is 4. The summed E-state index contributed by atoms with van der Waals surface area (Å²) < 4.78 is 15.8. The second-order valence-corrected chi connectivity index (χ2v) is 8.27. The summed E-state index contributed by atoms with van der Waals surface area (Å²) >= 11 is 1.02. The Morgan fingerprint density at radius 3 is 2.50 bits per heavy atom. The molecule has 0 radical (unpaired) electrons. The van der Waals surface area contributed by atoms with Crippen molar-refractivity contribution >= 4 is 39.3 Å². The Kier molecular flexibility index (Phi) is 5.57. The van der Waals surface area contributed by atoms with E-state index in [0.29, 0.717) is 16.4 Å². The van der Waals surface area contributed by atoms with Crippen LogP contribution in [0.4, 0.5) is 4.39 Å². The first kappa shape index (κ1) is 21.4. The number of thioether (sulfide) groups is 1. The number of nitrogens with one attached hydrogen (secondary N) is 1. The molecule has 3 aromatic carbocycles. The third kappa shape index (κ3) is 3.80. The van der Waals surface area contributed by atoms with Crippen LogP contribution >= 0.6 is 11.8 Å². The smallest absolute Gasteiger partial charge is 0.266 e. The highest BCUT2D eigenvalue weighted by Crippen LogP contribution is 2.26. The third-order valence-corrected chi connectivity index (χ3v) is 6.15. The minimum absolute atomic E-state index is 0.0238. The monoisotopic (exact) mass is 469 g/mol. The van der Waals surface area contributed by atoms with E-state index in [1.165, 1.54) is 22.8 Å². The van der Waals surface area contributed by atoms with Crippen LogP contribution in [0.25, 0.3) is 33.2 Å². The minimum atomic E-state index is -0.580. The molecule has 166 valence electrons. The average Bonchev–Trinajstić information content (AvgIpc) is 3.28. The van der Waals surface area contributed by atoms with Gasteiger partial charge in [-0.25, -0.2) is 14.4 Å². The number of fused-ring (bicyclic) bond motifs is 2. The summed E-state index contributed by atoms with van der Waals surface area (Å²) in [5.74, 6) is -0.670. The average molecular weight is 470 g/mol. The van der Waals surface area contributed by atoms with Gasteiger partial charge in [0, 0.05) is 0 Å². The molecule has 7 nitrogen and oxygen atoms in total. The number of nitriles is 1. The lowest BCUT2D eigenvalue weighted by Crippen LogP contribution is -2.22. The summed E-state index contributed by atoms with van der Waals surface area (Å²) in [5.41, 5.74) is 1.44. The van der Waals surface area contributed by atoms with Crippen molar-refractivity contribution in [2.45, 2.75) is 5.16 Å². The van der Waals surface area contributed by atoms with E-state index in [2.05, 4.69) is 15.0 Å². The van der Waals surface area contributed by atoms with Crippen LogP contribution in [0.5, 0.6) is 0 Å². The molecule has 34 heavy (non-hydrogen) atoms. The molecule has 0 amide bonds. The fraction of sp³-hybridized carbons (Fsp3) is 0.0400. The van der Waals surface area contributed by atoms with Gasteiger partial charge in [0.05, 0.1) is 33.4 Å². The second kappa shape index (κ2) is 8.84. The van der Waals surface area contributed by atoms with E-state index in [9.17, 15) is 19.6 Å². The number of hydrogen-bond donors (Lipinski definition) is 2. The van der Waals surface area contributed by atoms with Gasteiger partial charge in [0.1, 0.15) is 23.2 Å². The van der Waals surface area contributed by atoms with Crippen LogP contribution in [-0.4, -0.2) is 30.4 Å². The SMILES string of the molecule is N#C/C(=C(/O)CSc1nc2ccccc2c(=O)n1-c1ccccc1F)c1nc2ccccc2[nH]1. The van der Waals surface area contributed by atoms with Crippen molar-refractivity contribution in [2.75, 3.05) is 5.75 Å². The molecular weight excluding hydrogens is 453 g/mol. The molecule has 0 bridgehead atoms. The van der Waals surface area contributed by atoms with Crippen LogP contribution in [0.1, 0.15) is 5.82 Å². The summed E-state index contributed by atoms with van der Waals surface area (Å²) in [6.45, 7) is 0. The number of allylic oxidation sites excluding steroid dienone is 1. The first-order chi connectivity index (χ1) is 16.6. The number of hydrogen-bond acceptors (Lipinski definition) is 6. The van der Waals surface area contributed by atoms with Crippen LogP contribution in [0, 0.1) is 17.1 Å². The first-order valence-electron chi connectivity index (χ1n) is 10.2. The van der Waals surface area contributed by atoms with Gasteiger partial charge in [-0.3, -0.25) is 9.36 Å². The largest absolute Gasteiger partial charge is 0.510 e. The van der Waals surface area contributed by atoms with Gasteiger partial charge in [-0.2, -0.15) is 5.26 Å². The lowest BCUT2D eigenvalue weighted by molar-refractivity contribution is 0.420. The topological polar surface area (TPSA) is 108 Å². The first-order valence-corrected chi connectivity index (χ1v) is 11.2. The Morgan fingerprint density at radius 2 is 1.74 bits per heavy atom. The molecule has 0 aliphatic carbocycles. The van der Waals surface area contributed by atoms with Gasteiger partial charge in [0.15, 0.2) is 11.0 Å². The maximum atomic E-state index is 14.6. The molecule has 2 aromatic heterocycles. The van der Waals surface area contributed by atoms with E-state index < -0.39 is 11.4 Å². The number of aliphatic hydroxyl groups is 1. The number of imidazole rings is 1. The number of halogens is 1. The molecule has 2 heterocycles. The predicted molar refractivity (Wildman–Crippen MR) is 129 cm³/mol. The van der Waals surface area contributed by atoms with Crippen LogP contribution in [-0.2, 0) is 0 Å². The minimum Gasteiger partial charge on any atom is -0.510 e. The molecule has 0 saturated carbocycles. The molecule has 0 unspecified atom stereocenters. The van der Waals surface area contributed by atoms with Crippen molar-refractivity contribution in [2.24, 2.45) is 0 Å². The molecule has 0 saturated heterocycles. The van der Waals surface area contributed by atoms with Crippen LogP contribution < -0.4 is 5.56 Å². The van der Waals surface area contributed by atoms with Gasteiger partial charge in [-0.1, -0.05) is 48.2 Å². The summed E-state index contributed by atoms with van der Waals surface area (Å²) in [7, 11) is 0. The quantitative estimate of drug-likeness (QED) is 0.163. The number of aromatic amines is 1. The lowest BCUT2D eigenvalue weighted by Gasteiger charge is -2.14. The molecule has 2 N–H and O–H groups in total. The maximum absolute atomic E-state index is 14.6. The normalized spacial score (nSPS) is 12.0. The fourth-order valence-corrected chi connectivity index (χ4v) is 4.47. The Balaban J connectivity index is 1.58. The van der Waals surface area contributed by atoms with E-state index in [1.54, 1.807) is 36.4 Å². The highest BCUT2D eigenvalue weighted by Gasteiger charge is 2.18. The summed E-state index contributed by atoms with van der Waals surface area (Å²) in [6.07, 6.45) is 0. The number of H-pyrrole nitrogens is 1. The van der Waals surface area contributed by atoms with Crippen molar-refractivity contribution < 1.29 is 9.50 Å². The van der Waals surface area contributed by atoms with Crippen molar-refractivity contribution in [3.05, 3.63) is 101 Å². The highest BCUT2D eigenvalue weighted by molar-refractivity contribution is 7.99. The van der Waals surface area contributed by atoms with E-state index in [4.69, 9.17) is 0 Å². The molecule has 0 atom stereocenters. The number of nitrogens with zero attached hydrogens (tertiary/aromatic N) is 4.